The Morgan fingerprint density at radius 2 is 1.19 bits per heavy atom. The molecule has 156 valence electrons. The van der Waals surface area contributed by atoms with Crippen molar-refractivity contribution >= 4 is 0 Å². The third-order valence-corrected chi connectivity index (χ3v) is 5.18. The van der Waals surface area contributed by atoms with E-state index in [9.17, 15) is 5.11 Å². The molecule has 1 rings (SSSR count). The van der Waals surface area contributed by atoms with E-state index < -0.39 is 0 Å². The Labute approximate surface area is 168 Å². The standard InChI is InChI=1S/C24H44N2O/c1-6-8-10-12-14-25-18-20-16-22(24(3,4)5)17-21(23(20)27)19-26-15-13-11-9-7-2/h16-17,25-27H,6-15,18-19H2,1-5H3. The van der Waals surface area contributed by atoms with Crippen molar-refractivity contribution in [2.75, 3.05) is 13.1 Å². The van der Waals surface area contributed by atoms with Gasteiger partial charge in [0.2, 0.25) is 0 Å². The Morgan fingerprint density at radius 3 is 1.56 bits per heavy atom. The molecule has 0 aliphatic rings. The van der Waals surface area contributed by atoms with Crippen LogP contribution in [0.5, 0.6) is 5.75 Å². The Bertz CT molecular complexity index is 483. The van der Waals surface area contributed by atoms with Crippen molar-refractivity contribution in [3.8, 4) is 5.75 Å². The Hall–Kier alpha value is -1.06. The summed E-state index contributed by atoms with van der Waals surface area (Å²) in [6.07, 6.45) is 10.1. The van der Waals surface area contributed by atoms with Crippen LogP contribution < -0.4 is 10.6 Å². The molecule has 0 aliphatic carbocycles. The number of benzene rings is 1. The number of rotatable bonds is 14. The smallest absolute Gasteiger partial charge is 0.124 e. The zero-order valence-corrected chi connectivity index (χ0v) is 18.6. The molecule has 3 heteroatoms. The van der Waals surface area contributed by atoms with Crippen LogP contribution >= 0.6 is 0 Å². The Morgan fingerprint density at radius 1 is 0.741 bits per heavy atom. The topological polar surface area (TPSA) is 44.3 Å². The first kappa shape index (κ1) is 24.0. The molecule has 3 N–H and O–H groups in total. The molecule has 0 heterocycles. The van der Waals surface area contributed by atoms with Crippen LogP contribution in [0.25, 0.3) is 0 Å². The molecule has 0 spiro atoms. The first-order valence-electron chi connectivity index (χ1n) is 11.2. The summed E-state index contributed by atoms with van der Waals surface area (Å²) in [5.41, 5.74) is 3.44. The highest BCUT2D eigenvalue weighted by atomic mass is 16.3. The SMILES string of the molecule is CCCCCCNCc1cc(C(C)(C)C)cc(CNCCCCCC)c1O. The van der Waals surface area contributed by atoms with Crippen molar-refractivity contribution in [1.82, 2.24) is 10.6 Å². The van der Waals surface area contributed by atoms with Gasteiger partial charge in [-0.2, -0.15) is 0 Å². The molecule has 0 fully saturated rings. The van der Waals surface area contributed by atoms with Gasteiger partial charge in [0.1, 0.15) is 5.75 Å². The minimum Gasteiger partial charge on any atom is -0.507 e. The Balaban J connectivity index is 2.68. The minimum atomic E-state index is 0.0828. The van der Waals surface area contributed by atoms with Crippen LogP contribution in [0.3, 0.4) is 0 Å². The number of phenols is 1. The molecule has 1 aromatic carbocycles. The fourth-order valence-corrected chi connectivity index (χ4v) is 3.26. The molecule has 0 atom stereocenters. The maximum absolute atomic E-state index is 10.8. The minimum absolute atomic E-state index is 0.0828. The van der Waals surface area contributed by atoms with Gasteiger partial charge in [-0.1, -0.05) is 85.3 Å². The van der Waals surface area contributed by atoms with Gasteiger partial charge in [-0.3, -0.25) is 0 Å². The van der Waals surface area contributed by atoms with Gasteiger partial charge in [0, 0.05) is 24.2 Å². The zero-order valence-electron chi connectivity index (χ0n) is 18.6. The number of nitrogens with one attached hydrogen (secondary N) is 2. The average Bonchev–Trinajstić information content (AvgIpc) is 2.62. The molecule has 0 bridgehead atoms. The van der Waals surface area contributed by atoms with Gasteiger partial charge in [0.05, 0.1) is 0 Å². The van der Waals surface area contributed by atoms with Crippen LogP contribution in [0.4, 0.5) is 0 Å². The van der Waals surface area contributed by atoms with Gasteiger partial charge in [0.15, 0.2) is 0 Å². The van der Waals surface area contributed by atoms with E-state index in [0.717, 1.165) is 37.3 Å². The monoisotopic (exact) mass is 376 g/mol. The molecule has 0 saturated heterocycles. The van der Waals surface area contributed by atoms with Gasteiger partial charge < -0.3 is 15.7 Å². The van der Waals surface area contributed by atoms with Crippen LogP contribution in [-0.2, 0) is 18.5 Å². The first-order chi connectivity index (χ1) is 12.9. The van der Waals surface area contributed by atoms with E-state index in [1.807, 2.05) is 0 Å². The third kappa shape index (κ3) is 9.62. The van der Waals surface area contributed by atoms with E-state index in [4.69, 9.17) is 0 Å². The van der Waals surface area contributed by atoms with E-state index in [1.54, 1.807) is 0 Å². The predicted octanol–water partition coefficient (Wildman–Crippen LogP) is 6.03. The lowest BCUT2D eigenvalue weighted by Crippen LogP contribution is -2.19. The summed E-state index contributed by atoms with van der Waals surface area (Å²) >= 11 is 0. The number of hydrogen-bond donors (Lipinski definition) is 3. The summed E-state index contributed by atoms with van der Waals surface area (Å²) < 4.78 is 0. The lowest BCUT2D eigenvalue weighted by atomic mass is 9.84. The quantitative estimate of drug-likeness (QED) is 0.347. The highest BCUT2D eigenvalue weighted by molar-refractivity contribution is 5.45. The van der Waals surface area contributed by atoms with Crippen LogP contribution in [-0.4, -0.2) is 18.2 Å². The van der Waals surface area contributed by atoms with Crippen molar-refractivity contribution in [3.05, 3.63) is 28.8 Å². The van der Waals surface area contributed by atoms with Gasteiger partial charge in [-0.05, 0) is 36.9 Å². The maximum Gasteiger partial charge on any atom is 0.124 e. The molecule has 0 amide bonds. The van der Waals surface area contributed by atoms with E-state index in [1.165, 1.54) is 56.9 Å². The number of aromatic hydroxyl groups is 1. The van der Waals surface area contributed by atoms with E-state index in [0.29, 0.717) is 5.75 Å². The van der Waals surface area contributed by atoms with E-state index in [-0.39, 0.29) is 5.41 Å². The van der Waals surface area contributed by atoms with Crippen LogP contribution in [0.2, 0.25) is 0 Å². The lowest BCUT2D eigenvalue weighted by Gasteiger charge is -2.23. The summed E-state index contributed by atoms with van der Waals surface area (Å²) in [6.45, 7) is 14.7. The summed E-state index contributed by atoms with van der Waals surface area (Å²) in [4.78, 5) is 0. The fourth-order valence-electron chi connectivity index (χ4n) is 3.26. The van der Waals surface area contributed by atoms with Gasteiger partial charge in [-0.15, -0.1) is 0 Å². The maximum atomic E-state index is 10.8. The molecule has 0 aliphatic heterocycles. The third-order valence-electron chi connectivity index (χ3n) is 5.18. The molecular weight excluding hydrogens is 332 g/mol. The second-order valence-electron chi connectivity index (χ2n) is 8.87. The van der Waals surface area contributed by atoms with Gasteiger partial charge >= 0.3 is 0 Å². The number of unbranched alkanes of at least 4 members (excludes halogenated alkanes) is 6. The van der Waals surface area contributed by atoms with Crippen molar-refractivity contribution in [2.24, 2.45) is 0 Å². The fraction of sp³-hybridized carbons (Fsp3) is 0.750. The van der Waals surface area contributed by atoms with E-state index >= 15 is 0 Å². The molecule has 0 aromatic heterocycles. The second-order valence-corrected chi connectivity index (χ2v) is 8.87. The summed E-state index contributed by atoms with van der Waals surface area (Å²) in [7, 11) is 0. The predicted molar refractivity (Wildman–Crippen MR) is 119 cm³/mol. The highest BCUT2D eigenvalue weighted by Gasteiger charge is 2.18. The number of phenolic OH excluding ortho intramolecular Hbond substituents is 1. The largest absolute Gasteiger partial charge is 0.507 e. The van der Waals surface area contributed by atoms with Crippen LogP contribution in [0, 0.1) is 0 Å². The van der Waals surface area contributed by atoms with Crippen molar-refractivity contribution < 1.29 is 5.11 Å². The van der Waals surface area contributed by atoms with Crippen molar-refractivity contribution in [1.29, 1.82) is 0 Å². The van der Waals surface area contributed by atoms with Gasteiger partial charge in [-0.25, -0.2) is 0 Å². The van der Waals surface area contributed by atoms with E-state index in [2.05, 4.69) is 57.4 Å². The van der Waals surface area contributed by atoms with Crippen LogP contribution in [0.1, 0.15) is 103 Å². The molecule has 0 saturated carbocycles. The second kappa shape index (κ2) is 13.2. The molecule has 1 aromatic rings. The summed E-state index contributed by atoms with van der Waals surface area (Å²) in [5.74, 6) is 0.463. The van der Waals surface area contributed by atoms with Gasteiger partial charge in [0.25, 0.3) is 0 Å². The summed E-state index contributed by atoms with van der Waals surface area (Å²) in [5, 5.41) is 17.8. The normalized spacial score (nSPS) is 11.9. The van der Waals surface area contributed by atoms with Crippen molar-refractivity contribution in [2.45, 2.75) is 104 Å². The summed E-state index contributed by atoms with van der Waals surface area (Å²) in [6, 6.07) is 4.36. The molecular formula is C24H44N2O. The number of hydrogen-bond acceptors (Lipinski definition) is 3. The average molecular weight is 377 g/mol. The molecule has 3 nitrogen and oxygen atoms in total. The molecule has 0 radical (unpaired) electrons. The lowest BCUT2D eigenvalue weighted by molar-refractivity contribution is 0.450. The molecule has 0 unspecified atom stereocenters. The van der Waals surface area contributed by atoms with Crippen LogP contribution in [0.15, 0.2) is 12.1 Å². The first-order valence-corrected chi connectivity index (χ1v) is 11.2. The molecule has 27 heavy (non-hydrogen) atoms. The Kier molecular flexibility index (Phi) is 11.7. The zero-order chi connectivity index (χ0) is 20.1. The van der Waals surface area contributed by atoms with Crippen molar-refractivity contribution in [3.63, 3.8) is 0 Å². The highest BCUT2D eigenvalue weighted by Crippen LogP contribution is 2.31.